The molecule has 1 N–H and O–H groups in total. The van der Waals surface area contributed by atoms with E-state index in [9.17, 15) is 4.79 Å². The Hall–Kier alpha value is -2.85. The first-order valence-corrected chi connectivity index (χ1v) is 12.3. The number of nitrogens with one attached hydrogen (secondary N) is 1. The van der Waals surface area contributed by atoms with Crippen LogP contribution in [0.25, 0.3) is 10.8 Å². The van der Waals surface area contributed by atoms with Gasteiger partial charge in [0.05, 0.1) is 6.61 Å². The summed E-state index contributed by atoms with van der Waals surface area (Å²) in [6, 6.07) is 21.3. The predicted octanol–water partition coefficient (Wildman–Crippen LogP) is 6.60. The van der Waals surface area contributed by atoms with Gasteiger partial charge >= 0.3 is 0 Å². The van der Waals surface area contributed by atoms with Crippen LogP contribution in [0.1, 0.15) is 57.1 Å². The highest BCUT2D eigenvalue weighted by Crippen LogP contribution is 2.33. The van der Waals surface area contributed by atoms with Crippen molar-refractivity contribution in [1.82, 2.24) is 4.90 Å². The van der Waals surface area contributed by atoms with Crippen molar-refractivity contribution in [2.75, 3.05) is 25.0 Å². The second-order valence-corrected chi connectivity index (χ2v) is 9.43. The fraction of sp³-hybridized carbons (Fsp3) is 0.414. The fourth-order valence-electron chi connectivity index (χ4n) is 4.63. The topological polar surface area (TPSA) is 41.6 Å². The molecule has 3 aromatic rings. The maximum atomic E-state index is 12.1. The SMILES string of the molecule is CCCOc1ccc2ccccc2c1CN1CCC(c2cccc(NC(=O)C(C)C)c2)CC1. The van der Waals surface area contributed by atoms with Gasteiger partial charge in [0.2, 0.25) is 5.91 Å². The van der Waals surface area contributed by atoms with Crippen LogP contribution in [0.3, 0.4) is 0 Å². The molecule has 1 saturated heterocycles. The molecule has 4 nitrogen and oxygen atoms in total. The number of piperidine rings is 1. The van der Waals surface area contributed by atoms with Crippen LogP contribution in [0, 0.1) is 5.92 Å². The minimum Gasteiger partial charge on any atom is -0.493 e. The summed E-state index contributed by atoms with van der Waals surface area (Å²) in [5.41, 5.74) is 3.54. The normalized spacial score (nSPS) is 15.2. The molecule has 3 aromatic carbocycles. The Balaban J connectivity index is 1.44. The summed E-state index contributed by atoms with van der Waals surface area (Å²) in [6.07, 6.45) is 3.25. The molecule has 4 rings (SSSR count). The number of amides is 1. The molecule has 1 heterocycles. The molecule has 1 amide bonds. The van der Waals surface area contributed by atoms with Gasteiger partial charge in [-0.15, -0.1) is 0 Å². The number of rotatable bonds is 8. The number of carbonyl (C=O) groups excluding carboxylic acids is 1. The van der Waals surface area contributed by atoms with Gasteiger partial charge in [0, 0.05) is 23.7 Å². The standard InChI is InChI=1S/C29H36N2O2/c1-4-18-33-28-13-12-23-8-5-6-11-26(23)27(28)20-31-16-14-22(15-17-31)24-9-7-10-25(19-24)30-29(32)21(2)3/h5-13,19,21-22H,4,14-18,20H2,1-3H3,(H,30,32). The van der Waals surface area contributed by atoms with Gasteiger partial charge in [-0.1, -0.05) is 63.2 Å². The Kier molecular flexibility index (Phi) is 7.66. The van der Waals surface area contributed by atoms with Crippen LogP contribution in [0.2, 0.25) is 0 Å². The van der Waals surface area contributed by atoms with Gasteiger partial charge in [0.1, 0.15) is 5.75 Å². The Bertz CT molecular complexity index is 1080. The minimum absolute atomic E-state index is 0.0165. The van der Waals surface area contributed by atoms with Crippen molar-refractivity contribution < 1.29 is 9.53 Å². The van der Waals surface area contributed by atoms with Gasteiger partial charge in [-0.3, -0.25) is 9.69 Å². The highest BCUT2D eigenvalue weighted by atomic mass is 16.5. The number of ether oxygens (including phenoxy) is 1. The molecular weight excluding hydrogens is 408 g/mol. The number of carbonyl (C=O) groups is 1. The summed E-state index contributed by atoms with van der Waals surface area (Å²) in [5, 5.41) is 5.60. The Morgan fingerprint density at radius 2 is 1.85 bits per heavy atom. The van der Waals surface area contributed by atoms with E-state index in [0.717, 1.165) is 56.9 Å². The molecule has 0 atom stereocenters. The second kappa shape index (κ2) is 10.8. The van der Waals surface area contributed by atoms with E-state index in [1.165, 1.54) is 21.9 Å². The van der Waals surface area contributed by atoms with Crippen molar-refractivity contribution >= 4 is 22.4 Å². The average Bonchev–Trinajstić information content (AvgIpc) is 2.84. The number of fused-ring (bicyclic) bond motifs is 1. The van der Waals surface area contributed by atoms with E-state index in [0.29, 0.717) is 5.92 Å². The third-order valence-electron chi connectivity index (χ3n) is 6.58. The Labute approximate surface area is 197 Å². The minimum atomic E-state index is -0.0165. The van der Waals surface area contributed by atoms with Crippen LogP contribution in [0.4, 0.5) is 5.69 Å². The van der Waals surface area contributed by atoms with Gasteiger partial charge < -0.3 is 10.1 Å². The average molecular weight is 445 g/mol. The van der Waals surface area contributed by atoms with E-state index >= 15 is 0 Å². The zero-order valence-corrected chi connectivity index (χ0v) is 20.1. The molecule has 1 aliphatic rings. The largest absolute Gasteiger partial charge is 0.493 e. The van der Waals surface area contributed by atoms with Gasteiger partial charge in [-0.05, 0) is 72.8 Å². The zero-order valence-electron chi connectivity index (χ0n) is 20.1. The van der Waals surface area contributed by atoms with Crippen molar-refractivity contribution in [3.8, 4) is 5.75 Å². The van der Waals surface area contributed by atoms with Gasteiger partial charge in [0.25, 0.3) is 0 Å². The smallest absolute Gasteiger partial charge is 0.226 e. The number of hydrogen-bond donors (Lipinski definition) is 1. The molecule has 0 radical (unpaired) electrons. The van der Waals surface area contributed by atoms with Crippen molar-refractivity contribution in [2.45, 2.75) is 52.5 Å². The highest BCUT2D eigenvalue weighted by molar-refractivity contribution is 5.92. The van der Waals surface area contributed by atoms with Crippen LogP contribution in [0.5, 0.6) is 5.75 Å². The quantitative estimate of drug-likeness (QED) is 0.425. The van der Waals surface area contributed by atoms with Crippen LogP contribution >= 0.6 is 0 Å². The summed E-state index contributed by atoms with van der Waals surface area (Å²) in [5.74, 6) is 1.60. The summed E-state index contributed by atoms with van der Waals surface area (Å²) < 4.78 is 6.13. The molecule has 33 heavy (non-hydrogen) atoms. The zero-order chi connectivity index (χ0) is 23.2. The molecule has 4 heteroatoms. The monoisotopic (exact) mass is 444 g/mol. The third kappa shape index (κ3) is 5.75. The van der Waals surface area contributed by atoms with Crippen LogP contribution in [-0.2, 0) is 11.3 Å². The molecule has 0 spiro atoms. The number of anilines is 1. The highest BCUT2D eigenvalue weighted by Gasteiger charge is 2.23. The van der Waals surface area contributed by atoms with E-state index in [1.54, 1.807) is 0 Å². The molecule has 0 bridgehead atoms. The first-order chi connectivity index (χ1) is 16.0. The van der Waals surface area contributed by atoms with Crippen molar-refractivity contribution in [2.24, 2.45) is 5.92 Å². The van der Waals surface area contributed by atoms with Crippen molar-refractivity contribution in [3.63, 3.8) is 0 Å². The maximum absolute atomic E-state index is 12.1. The lowest BCUT2D eigenvalue weighted by molar-refractivity contribution is -0.118. The summed E-state index contributed by atoms with van der Waals surface area (Å²) in [4.78, 5) is 14.6. The van der Waals surface area contributed by atoms with E-state index in [2.05, 4.69) is 71.7 Å². The maximum Gasteiger partial charge on any atom is 0.226 e. The van der Waals surface area contributed by atoms with Crippen molar-refractivity contribution in [1.29, 1.82) is 0 Å². The molecule has 0 saturated carbocycles. The number of nitrogens with zero attached hydrogens (tertiary/aromatic N) is 1. The van der Waals surface area contributed by atoms with Crippen LogP contribution in [0.15, 0.2) is 60.7 Å². The first kappa shape index (κ1) is 23.3. The van der Waals surface area contributed by atoms with E-state index in [-0.39, 0.29) is 11.8 Å². The summed E-state index contributed by atoms with van der Waals surface area (Å²) >= 11 is 0. The molecular formula is C29H36N2O2. The second-order valence-electron chi connectivity index (χ2n) is 9.43. The lowest BCUT2D eigenvalue weighted by Gasteiger charge is -2.33. The van der Waals surface area contributed by atoms with Gasteiger partial charge in [-0.2, -0.15) is 0 Å². The molecule has 1 fully saturated rings. The summed E-state index contributed by atoms with van der Waals surface area (Å²) in [6.45, 7) is 9.77. The van der Waals surface area contributed by atoms with Gasteiger partial charge in [0.15, 0.2) is 0 Å². The lowest BCUT2D eigenvalue weighted by Crippen LogP contribution is -2.32. The van der Waals surface area contributed by atoms with E-state index < -0.39 is 0 Å². The first-order valence-electron chi connectivity index (χ1n) is 12.3. The predicted molar refractivity (Wildman–Crippen MR) is 137 cm³/mol. The van der Waals surface area contributed by atoms with E-state index in [1.807, 2.05) is 19.9 Å². The summed E-state index contributed by atoms with van der Waals surface area (Å²) in [7, 11) is 0. The number of likely N-dealkylation sites (tertiary alicyclic amines) is 1. The molecule has 1 aliphatic heterocycles. The van der Waals surface area contributed by atoms with Gasteiger partial charge in [-0.25, -0.2) is 0 Å². The number of hydrogen-bond acceptors (Lipinski definition) is 3. The van der Waals surface area contributed by atoms with Crippen molar-refractivity contribution in [3.05, 3.63) is 71.8 Å². The molecule has 0 aromatic heterocycles. The Morgan fingerprint density at radius 1 is 1.06 bits per heavy atom. The molecule has 0 unspecified atom stereocenters. The van der Waals surface area contributed by atoms with E-state index in [4.69, 9.17) is 4.74 Å². The lowest BCUT2D eigenvalue weighted by atomic mass is 9.89. The molecule has 174 valence electrons. The van der Waals surface area contributed by atoms with Crippen LogP contribution in [-0.4, -0.2) is 30.5 Å². The van der Waals surface area contributed by atoms with Crippen LogP contribution < -0.4 is 10.1 Å². The fourth-order valence-corrected chi connectivity index (χ4v) is 4.63. The third-order valence-corrected chi connectivity index (χ3v) is 6.58. The molecule has 0 aliphatic carbocycles. The number of benzene rings is 3. The Morgan fingerprint density at radius 3 is 2.61 bits per heavy atom.